The normalized spacial score (nSPS) is 11.1. The molecule has 0 saturated carbocycles. The minimum atomic E-state index is -1.01. The van der Waals surface area contributed by atoms with Crippen molar-refractivity contribution in [3.63, 3.8) is 0 Å². The zero-order valence-corrected chi connectivity index (χ0v) is 13.8. The molecule has 0 spiro atoms. The Bertz CT molecular complexity index is 1170. The van der Waals surface area contributed by atoms with Crippen LogP contribution in [0, 0.1) is 0 Å². The van der Waals surface area contributed by atoms with Crippen molar-refractivity contribution in [2.24, 2.45) is 5.73 Å². The first-order chi connectivity index (χ1) is 12.5. The molecule has 0 aliphatic carbocycles. The molecule has 4 rings (SSSR count). The van der Waals surface area contributed by atoms with Gasteiger partial charge in [0.05, 0.1) is 11.1 Å². The Hall–Kier alpha value is -3.60. The number of benzene rings is 3. The maximum Gasteiger partial charge on any atom is 0.335 e. The summed E-state index contributed by atoms with van der Waals surface area (Å²) in [6.07, 6.45) is 1.69. The van der Waals surface area contributed by atoms with Crippen LogP contribution >= 0.6 is 0 Å². The van der Waals surface area contributed by atoms with Gasteiger partial charge in [-0.3, -0.25) is 4.79 Å². The number of nitrogens with two attached hydrogens (primary N) is 1. The number of carboxylic acid groups (broad SMARTS) is 1. The van der Waals surface area contributed by atoms with Gasteiger partial charge in [0.25, 0.3) is 5.91 Å². The van der Waals surface area contributed by atoms with Crippen LogP contribution in [0.2, 0.25) is 0 Å². The van der Waals surface area contributed by atoms with Gasteiger partial charge in [0.1, 0.15) is 0 Å². The molecule has 3 N–H and O–H groups in total. The molecule has 1 heterocycles. The highest BCUT2D eigenvalue weighted by molar-refractivity contribution is 6.07. The smallest absolute Gasteiger partial charge is 0.335 e. The maximum absolute atomic E-state index is 11.8. The van der Waals surface area contributed by atoms with Gasteiger partial charge in [-0.15, -0.1) is 0 Å². The molecule has 5 heteroatoms. The number of hydrogen-bond donors (Lipinski definition) is 2. The molecule has 0 radical (unpaired) electrons. The third-order valence-electron chi connectivity index (χ3n) is 4.56. The van der Waals surface area contributed by atoms with Crippen LogP contribution in [0.3, 0.4) is 0 Å². The minimum absolute atomic E-state index is 0.173. The number of nitrogens with zero attached hydrogens (tertiary/aromatic N) is 1. The van der Waals surface area contributed by atoms with Gasteiger partial charge in [-0.2, -0.15) is 0 Å². The van der Waals surface area contributed by atoms with Gasteiger partial charge in [-0.1, -0.05) is 42.5 Å². The number of carboxylic acids is 1. The number of rotatable bonds is 4. The number of hydrogen-bond acceptors (Lipinski definition) is 2. The quantitative estimate of drug-likeness (QED) is 0.593. The number of aromatic carboxylic acids is 1. The Morgan fingerprint density at radius 1 is 0.962 bits per heavy atom. The Morgan fingerprint density at radius 3 is 2.46 bits per heavy atom. The van der Waals surface area contributed by atoms with Crippen LogP contribution in [0.15, 0.2) is 66.9 Å². The van der Waals surface area contributed by atoms with Crippen molar-refractivity contribution < 1.29 is 14.7 Å². The highest BCUT2D eigenvalue weighted by Crippen LogP contribution is 2.25. The molecular weight excluding hydrogens is 328 g/mol. The minimum Gasteiger partial charge on any atom is -0.478 e. The Morgan fingerprint density at radius 2 is 1.73 bits per heavy atom. The number of amides is 1. The van der Waals surface area contributed by atoms with E-state index >= 15 is 0 Å². The Balaban J connectivity index is 1.84. The summed E-state index contributed by atoms with van der Waals surface area (Å²) < 4.78 is 1.87. The number of carbonyl (C=O) groups is 2. The molecule has 0 aliphatic heterocycles. The molecule has 128 valence electrons. The first-order valence-electron chi connectivity index (χ1n) is 8.16. The molecule has 1 amide bonds. The molecule has 0 fully saturated rings. The molecule has 0 bridgehead atoms. The van der Waals surface area contributed by atoms with E-state index in [1.54, 1.807) is 18.3 Å². The number of fused-ring (bicyclic) bond motifs is 2. The van der Waals surface area contributed by atoms with Crippen LogP contribution in [0.25, 0.3) is 21.7 Å². The van der Waals surface area contributed by atoms with Crippen molar-refractivity contribution in [3.05, 3.63) is 83.6 Å². The Kier molecular flexibility index (Phi) is 3.69. The van der Waals surface area contributed by atoms with Crippen LogP contribution in [-0.4, -0.2) is 21.6 Å². The van der Waals surface area contributed by atoms with E-state index < -0.39 is 11.9 Å². The lowest BCUT2D eigenvalue weighted by molar-refractivity contribution is 0.0697. The van der Waals surface area contributed by atoms with Crippen LogP contribution in [0.5, 0.6) is 0 Å². The summed E-state index contributed by atoms with van der Waals surface area (Å²) in [4.78, 5) is 23.1. The summed E-state index contributed by atoms with van der Waals surface area (Å²) in [7, 11) is 0. The van der Waals surface area contributed by atoms with Gasteiger partial charge in [0, 0.05) is 23.6 Å². The summed E-state index contributed by atoms with van der Waals surface area (Å²) in [6.45, 7) is 0.512. The third-order valence-corrected chi connectivity index (χ3v) is 4.56. The van der Waals surface area contributed by atoms with Crippen molar-refractivity contribution in [1.82, 2.24) is 4.57 Å². The SMILES string of the molecule is NC(=O)c1cn(Cc2ccc3ccccc3c2)c2cc(C(=O)O)ccc12. The van der Waals surface area contributed by atoms with Gasteiger partial charge in [-0.25, -0.2) is 4.79 Å². The summed E-state index contributed by atoms with van der Waals surface area (Å²) >= 11 is 0. The monoisotopic (exact) mass is 344 g/mol. The molecule has 3 aromatic carbocycles. The van der Waals surface area contributed by atoms with Crippen LogP contribution in [0.1, 0.15) is 26.3 Å². The zero-order valence-electron chi connectivity index (χ0n) is 13.8. The molecule has 5 nitrogen and oxygen atoms in total. The third kappa shape index (κ3) is 2.69. The summed E-state index contributed by atoms with van der Waals surface area (Å²) in [5.41, 5.74) is 7.78. The fourth-order valence-corrected chi connectivity index (χ4v) is 3.29. The second kappa shape index (κ2) is 6.04. The molecule has 0 saturated heterocycles. The number of aromatic nitrogens is 1. The fourth-order valence-electron chi connectivity index (χ4n) is 3.29. The van der Waals surface area contributed by atoms with E-state index in [2.05, 4.69) is 12.1 Å². The van der Waals surface area contributed by atoms with E-state index in [1.165, 1.54) is 6.07 Å². The second-order valence-electron chi connectivity index (χ2n) is 6.25. The van der Waals surface area contributed by atoms with Crippen molar-refractivity contribution >= 4 is 33.6 Å². The molecular formula is C21H16N2O3. The molecule has 26 heavy (non-hydrogen) atoms. The highest BCUT2D eigenvalue weighted by Gasteiger charge is 2.15. The van der Waals surface area contributed by atoms with Gasteiger partial charge < -0.3 is 15.4 Å². The van der Waals surface area contributed by atoms with Crippen LogP contribution < -0.4 is 5.73 Å². The fraction of sp³-hybridized carbons (Fsp3) is 0.0476. The van der Waals surface area contributed by atoms with Gasteiger partial charge in [0.2, 0.25) is 0 Å². The standard InChI is InChI=1S/C21H16N2O3/c22-20(24)18-12-23(19-10-16(21(25)26)7-8-17(18)19)11-13-5-6-14-3-1-2-4-15(14)9-13/h1-10,12H,11H2,(H2,22,24)(H,25,26). The largest absolute Gasteiger partial charge is 0.478 e. The van der Waals surface area contributed by atoms with Gasteiger partial charge >= 0.3 is 5.97 Å². The van der Waals surface area contributed by atoms with Crippen LogP contribution in [0.4, 0.5) is 0 Å². The lowest BCUT2D eigenvalue weighted by Gasteiger charge is -2.08. The van der Waals surface area contributed by atoms with E-state index in [4.69, 9.17) is 5.73 Å². The lowest BCUT2D eigenvalue weighted by Crippen LogP contribution is -2.10. The highest BCUT2D eigenvalue weighted by atomic mass is 16.4. The summed E-state index contributed by atoms with van der Waals surface area (Å²) in [5, 5.41) is 12.2. The molecule has 0 aliphatic rings. The molecule has 4 aromatic rings. The Labute approximate surface area is 149 Å². The lowest BCUT2D eigenvalue weighted by atomic mass is 10.1. The number of carbonyl (C=O) groups excluding carboxylic acids is 1. The zero-order chi connectivity index (χ0) is 18.3. The van der Waals surface area contributed by atoms with Crippen molar-refractivity contribution in [3.8, 4) is 0 Å². The number of primary amides is 1. The first-order valence-corrected chi connectivity index (χ1v) is 8.16. The summed E-state index contributed by atoms with van der Waals surface area (Å²) in [6, 6.07) is 18.9. The average Bonchev–Trinajstić information content (AvgIpc) is 2.99. The second-order valence-corrected chi connectivity index (χ2v) is 6.25. The van der Waals surface area contributed by atoms with Crippen molar-refractivity contribution in [2.75, 3.05) is 0 Å². The predicted octanol–water partition coefficient (Wildman–Crippen LogP) is 3.64. The van der Waals surface area contributed by atoms with Crippen molar-refractivity contribution in [2.45, 2.75) is 6.54 Å². The van der Waals surface area contributed by atoms with E-state index in [0.29, 0.717) is 23.0 Å². The first kappa shape index (κ1) is 15.9. The molecule has 0 unspecified atom stereocenters. The van der Waals surface area contributed by atoms with E-state index in [0.717, 1.165) is 16.3 Å². The average molecular weight is 344 g/mol. The van der Waals surface area contributed by atoms with E-state index in [9.17, 15) is 14.7 Å². The predicted molar refractivity (Wildman–Crippen MR) is 100 cm³/mol. The topological polar surface area (TPSA) is 85.3 Å². The van der Waals surface area contributed by atoms with Gasteiger partial charge in [-0.05, 0) is 34.5 Å². The van der Waals surface area contributed by atoms with Gasteiger partial charge in [0.15, 0.2) is 0 Å². The van der Waals surface area contributed by atoms with Crippen molar-refractivity contribution in [1.29, 1.82) is 0 Å². The van der Waals surface area contributed by atoms with Crippen LogP contribution in [-0.2, 0) is 6.54 Å². The maximum atomic E-state index is 11.8. The van der Waals surface area contributed by atoms with E-state index in [1.807, 2.05) is 34.9 Å². The summed E-state index contributed by atoms with van der Waals surface area (Å²) in [5.74, 6) is -1.54. The molecule has 0 atom stereocenters. The van der Waals surface area contributed by atoms with E-state index in [-0.39, 0.29) is 5.56 Å². The molecule has 1 aromatic heterocycles.